The Kier molecular flexibility index (Phi) is 5.82. The van der Waals surface area contributed by atoms with Crippen LogP contribution in [0.2, 0.25) is 15.1 Å². The second kappa shape index (κ2) is 8.75. The molecule has 0 aliphatic carbocycles. The Balaban J connectivity index is 1.61. The highest BCUT2D eigenvalue weighted by Gasteiger charge is 2.42. The summed E-state index contributed by atoms with van der Waals surface area (Å²) < 4.78 is 6.33. The van der Waals surface area contributed by atoms with Gasteiger partial charge in [-0.15, -0.1) is 0 Å². The smallest absolute Gasteiger partial charge is 0.174 e. The van der Waals surface area contributed by atoms with E-state index in [-0.39, 0.29) is 12.1 Å². The van der Waals surface area contributed by atoms with Crippen LogP contribution in [0.25, 0.3) is 11.3 Å². The molecule has 1 N–H and O–H groups in total. The van der Waals surface area contributed by atoms with Crippen LogP contribution >= 0.6 is 47.0 Å². The molecule has 2 aromatic heterocycles. The van der Waals surface area contributed by atoms with Crippen LogP contribution in [-0.4, -0.2) is 10.1 Å². The summed E-state index contributed by atoms with van der Waals surface area (Å²) in [5.74, 6) is 1.34. The Bertz CT molecular complexity index is 1280. The minimum atomic E-state index is -0.273. The lowest BCUT2D eigenvalue weighted by atomic mass is 10.0. The van der Waals surface area contributed by atoms with E-state index in [0.717, 1.165) is 16.9 Å². The van der Waals surface area contributed by atoms with Crippen molar-refractivity contribution >= 4 is 57.8 Å². The molecule has 4 aromatic rings. The lowest BCUT2D eigenvalue weighted by Crippen LogP contribution is -2.29. The summed E-state index contributed by atoms with van der Waals surface area (Å²) >= 11 is 24.5. The molecule has 1 fully saturated rings. The summed E-state index contributed by atoms with van der Waals surface area (Å²) in [6.07, 6.45) is 1.77. The number of thiocarbonyl (C=S) groups is 1. The van der Waals surface area contributed by atoms with Crippen molar-refractivity contribution in [2.75, 3.05) is 4.90 Å². The number of benzene rings is 2. The van der Waals surface area contributed by atoms with Gasteiger partial charge in [-0.25, -0.2) is 0 Å². The van der Waals surface area contributed by atoms with Crippen LogP contribution in [0.1, 0.15) is 23.5 Å². The molecule has 8 heteroatoms. The lowest BCUT2D eigenvalue weighted by molar-refractivity contribution is 0.439. The molecule has 3 heterocycles. The molecule has 4 nitrogen and oxygen atoms in total. The molecule has 0 spiro atoms. The Labute approximate surface area is 205 Å². The second-order valence-corrected chi connectivity index (χ2v) is 8.88. The Morgan fingerprint density at radius 2 is 1.72 bits per heavy atom. The molecule has 1 aliphatic rings. The number of hydrogen-bond donors (Lipinski definition) is 1. The van der Waals surface area contributed by atoms with E-state index in [1.54, 1.807) is 12.3 Å². The Morgan fingerprint density at radius 3 is 2.47 bits per heavy atom. The summed E-state index contributed by atoms with van der Waals surface area (Å²) in [4.78, 5) is 6.57. The van der Waals surface area contributed by atoms with Gasteiger partial charge in [-0.1, -0.05) is 46.9 Å². The van der Waals surface area contributed by atoms with Crippen LogP contribution in [0.5, 0.6) is 0 Å². The highest BCUT2D eigenvalue weighted by molar-refractivity contribution is 7.80. The van der Waals surface area contributed by atoms with Crippen LogP contribution in [0.3, 0.4) is 0 Å². The maximum Gasteiger partial charge on any atom is 0.174 e. The second-order valence-electron chi connectivity index (χ2n) is 7.28. The molecule has 0 radical (unpaired) electrons. The third-order valence-electron chi connectivity index (χ3n) is 5.34. The number of furan rings is 1. The van der Waals surface area contributed by atoms with Gasteiger partial charge in [0.05, 0.1) is 21.8 Å². The van der Waals surface area contributed by atoms with Gasteiger partial charge in [0, 0.05) is 22.5 Å². The first-order valence-electron chi connectivity index (χ1n) is 9.83. The Hall–Kier alpha value is -2.57. The van der Waals surface area contributed by atoms with Gasteiger partial charge in [0.2, 0.25) is 0 Å². The van der Waals surface area contributed by atoms with Crippen LogP contribution in [0, 0.1) is 0 Å². The number of aromatic nitrogens is 1. The van der Waals surface area contributed by atoms with E-state index < -0.39 is 0 Å². The minimum absolute atomic E-state index is 0.215. The molecule has 2 atom stereocenters. The average Bonchev–Trinajstić information content (AvgIpc) is 3.41. The van der Waals surface area contributed by atoms with Crippen molar-refractivity contribution in [3.05, 3.63) is 106 Å². The lowest BCUT2D eigenvalue weighted by Gasteiger charge is -2.26. The maximum atomic E-state index is 6.43. The first kappa shape index (κ1) is 21.3. The monoisotopic (exact) mass is 499 g/mol. The van der Waals surface area contributed by atoms with Crippen LogP contribution < -0.4 is 10.2 Å². The number of pyridine rings is 1. The number of rotatable bonds is 4. The third kappa shape index (κ3) is 3.86. The number of halogens is 3. The summed E-state index contributed by atoms with van der Waals surface area (Å²) in [6, 6.07) is 22.2. The largest absolute Gasteiger partial charge is 0.459 e. The molecule has 32 heavy (non-hydrogen) atoms. The van der Waals surface area contributed by atoms with Crippen molar-refractivity contribution in [2.45, 2.75) is 12.1 Å². The van der Waals surface area contributed by atoms with Gasteiger partial charge in [0.1, 0.15) is 17.6 Å². The van der Waals surface area contributed by atoms with Crippen molar-refractivity contribution in [3.63, 3.8) is 0 Å². The fourth-order valence-corrected chi connectivity index (χ4v) is 4.74. The zero-order valence-electron chi connectivity index (χ0n) is 16.5. The molecule has 0 amide bonds. The minimum Gasteiger partial charge on any atom is -0.459 e. The SMILES string of the molecule is S=C1N[C@H](c2ccccn2)[C@@H](c2ccc(-c3cccc(Cl)c3Cl)o2)N1c1ccc(Cl)cc1. The third-order valence-corrected chi connectivity index (χ3v) is 6.72. The van der Waals surface area contributed by atoms with Crippen LogP contribution in [-0.2, 0) is 0 Å². The van der Waals surface area contributed by atoms with Gasteiger partial charge < -0.3 is 14.6 Å². The van der Waals surface area contributed by atoms with Crippen molar-refractivity contribution in [2.24, 2.45) is 0 Å². The average molecular weight is 501 g/mol. The normalized spacial score (nSPS) is 18.1. The van der Waals surface area contributed by atoms with Gasteiger partial charge in [0.25, 0.3) is 0 Å². The zero-order valence-corrected chi connectivity index (χ0v) is 19.6. The Morgan fingerprint density at radius 1 is 0.906 bits per heavy atom. The van der Waals surface area contributed by atoms with Gasteiger partial charge in [-0.3, -0.25) is 4.98 Å². The summed E-state index contributed by atoms with van der Waals surface area (Å²) in [5.41, 5.74) is 2.48. The summed E-state index contributed by atoms with van der Waals surface area (Å²) in [5, 5.41) is 5.56. The quantitative estimate of drug-likeness (QED) is 0.294. The molecular weight excluding hydrogens is 485 g/mol. The standard InChI is InChI=1S/C24H16Cl3N3OS/c25-14-7-9-15(10-8-14)30-23(22(29-24(30)32)18-6-1-2-13-28-18)20-12-11-19(31-20)16-4-3-5-17(26)21(16)27/h1-13,22-23H,(H,29,32)/t22-,23-/m1/s1. The van der Waals surface area contributed by atoms with Crippen molar-refractivity contribution in [1.29, 1.82) is 0 Å². The molecule has 2 aromatic carbocycles. The van der Waals surface area contributed by atoms with Crippen molar-refractivity contribution in [1.82, 2.24) is 10.3 Å². The first-order valence-corrected chi connectivity index (χ1v) is 11.4. The molecule has 1 aliphatic heterocycles. The topological polar surface area (TPSA) is 41.3 Å². The van der Waals surface area contributed by atoms with E-state index >= 15 is 0 Å². The highest BCUT2D eigenvalue weighted by atomic mass is 35.5. The van der Waals surface area contributed by atoms with E-state index in [1.807, 2.05) is 71.6 Å². The zero-order chi connectivity index (χ0) is 22.2. The van der Waals surface area contributed by atoms with Gasteiger partial charge in [-0.05, 0) is 72.9 Å². The van der Waals surface area contributed by atoms with Gasteiger partial charge >= 0.3 is 0 Å². The van der Waals surface area contributed by atoms with E-state index in [9.17, 15) is 0 Å². The molecule has 0 saturated carbocycles. The van der Waals surface area contributed by atoms with E-state index in [1.165, 1.54) is 0 Å². The van der Waals surface area contributed by atoms with E-state index in [0.29, 0.717) is 31.7 Å². The molecule has 160 valence electrons. The van der Waals surface area contributed by atoms with Crippen molar-refractivity contribution in [3.8, 4) is 11.3 Å². The molecule has 5 rings (SSSR count). The van der Waals surface area contributed by atoms with Crippen molar-refractivity contribution < 1.29 is 4.42 Å². The number of nitrogens with one attached hydrogen (secondary N) is 1. The van der Waals surface area contributed by atoms with Crippen LogP contribution in [0.4, 0.5) is 5.69 Å². The predicted molar refractivity (Wildman–Crippen MR) is 134 cm³/mol. The fraction of sp³-hybridized carbons (Fsp3) is 0.0833. The van der Waals surface area contributed by atoms with E-state index in [2.05, 4.69) is 10.3 Å². The van der Waals surface area contributed by atoms with E-state index in [4.69, 9.17) is 51.4 Å². The first-order chi connectivity index (χ1) is 15.5. The fourth-order valence-electron chi connectivity index (χ4n) is 3.87. The van der Waals surface area contributed by atoms with Gasteiger partial charge in [-0.2, -0.15) is 0 Å². The predicted octanol–water partition coefficient (Wildman–Crippen LogP) is 7.48. The van der Waals surface area contributed by atoms with Gasteiger partial charge in [0.15, 0.2) is 5.11 Å². The number of nitrogens with zero attached hydrogens (tertiary/aromatic N) is 2. The van der Waals surface area contributed by atoms with Crippen LogP contribution in [0.15, 0.2) is 83.4 Å². The highest BCUT2D eigenvalue weighted by Crippen LogP contribution is 2.44. The summed E-state index contributed by atoms with van der Waals surface area (Å²) in [7, 11) is 0. The molecular formula is C24H16Cl3N3OS. The molecule has 0 bridgehead atoms. The summed E-state index contributed by atoms with van der Waals surface area (Å²) in [6.45, 7) is 0. The molecule has 1 saturated heterocycles. The maximum absolute atomic E-state index is 6.43. The number of hydrogen-bond acceptors (Lipinski definition) is 3. The molecule has 0 unspecified atom stereocenters. The number of anilines is 1.